The number of Topliss-reactive ketones (excluding diaryl/α,β-unsaturated/α-hetero) is 2. The number of imide groups is 1. The number of benzene rings is 3. The zero-order chi connectivity index (χ0) is 58.1. The number of para-hydroxylation sites is 1. The van der Waals surface area contributed by atoms with Crippen molar-refractivity contribution in [1.82, 2.24) is 41.4 Å². The number of hydrogen-bond acceptors (Lipinski definition) is 13. The monoisotopic (exact) mass is 1100 g/mol. The number of likely N-dealkylation sites (N-methyl/N-ethyl adjacent to an activating group) is 1. The summed E-state index contributed by atoms with van der Waals surface area (Å²) in [6.45, 7) is 6.74. The van der Waals surface area contributed by atoms with Crippen molar-refractivity contribution in [2.24, 2.45) is 11.8 Å². The van der Waals surface area contributed by atoms with E-state index in [1.54, 1.807) is 69.4 Å². The van der Waals surface area contributed by atoms with Gasteiger partial charge in [0.25, 0.3) is 11.8 Å². The number of phenolic OH excluding ortho intramolecular Hbond substituents is 1. The molecular weight excluding hydrogens is 1030 g/mol. The summed E-state index contributed by atoms with van der Waals surface area (Å²) in [6, 6.07) is 16.3. The van der Waals surface area contributed by atoms with Gasteiger partial charge in [-0.25, -0.2) is 4.79 Å². The Morgan fingerprint density at radius 1 is 0.700 bits per heavy atom. The van der Waals surface area contributed by atoms with Crippen LogP contribution in [0.2, 0.25) is 0 Å². The van der Waals surface area contributed by atoms with Crippen LogP contribution >= 0.6 is 0 Å². The van der Waals surface area contributed by atoms with Gasteiger partial charge >= 0.3 is 6.09 Å². The lowest BCUT2D eigenvalue weighted by molar-refractivity contribution is -0.143. The minimum atomic E-state index is -1.66. The second-order valence-electron chi connectivity index (χ2n) is 21.5. The summed E-state index contributed by atoms with van der Waals surface area (Å²) in [5, 5.41) is 35.8. The van der Waals surface area contributed by atoms with Gasteiger partial charge in [0.2, 0.25) is 29.5 Å². The second-order valence-corrected chi connectivity index (χ2v) is 21.5. The first-order chi connectivity index (χ1) is 38.1. The van der Waals surface area contributed by atoms with E-state index in [1.165, 1.54) is 26.1 Å². The minimum absolute atomic E-state index is 0.0490. The van der Waals surface area contributed by atoms with Crippen LogP contribution in [0.3, 0.4) is 0 Å². The van der Waals surface area contributed by atoms with Crippen LogP contribution < -0.4 is 26.6 Å². The lowest BCUT2D eigenvalue weighted by Gasteiger charge is -2.33. The number of H-pyrrole nitrogens is 1. The molecule has 0 bridgehead atoms. The van der Waals surface area contributed by atoms with Gasteiger partial charge in [-0.2, -0.15) is 0 Å². The highest BCUT2D eigenvalue weighted by atomic mass is 16.6. The van der Waals surface area contributed by atoms with Gasteiger partial charge in [0.1, 0.15) is 23.4 Å². The molecule has 2 aliphatic rings. The van der Waals surface area contributed by atoms with E-state index in [0.717, 1.165) is 32.9 Å². The molecule has 7 atom stereocenters. The number of aliphatic hydroxyl groups is 1. The Balaban J connectivity index is 1.37. The summed E-state index contributed by atoms with van der Waals surface area (Å²) < 4.78 is 5.35. The molecule has 1 saturated heterocycles. The quantitative estimate of drug-likeness (QED) is 0.0492. The van der Waals surface area contributed by atoms with Crippen molar-refractivity contribution < 1.29 is 62.9 Å². The van der Waals surface area contributed by atoms with Gasteiger partial charge < -0.3 is 51.4 Å². The number of alkyl carbamates (subject to hydrolysis) is 1. The van der Waals surface area contributed by atoms with Crippen molar-refractivity contribution >= 4 is 69.9 Å². The molecule has 21 heteroatoms. The van der Waals surface area contributed by atoms with Gasteiger partial charge in [0, 0.05) is 99.9 Å². The highest BCUT2D eigenvalue weighted by Crippen LogP contribution is 2.25. The SMILES string of the molecule is C[C@@H](O)[C@@H]1NC(=O)[C@H](CCCCNC(=O)OC(C)(C)C)CC(=O)[C@@H](Cc2c[nH]c3ccccc23)NC(=O)[C@H](Cc2ccc(O)cc2)CC(=O)[C@H](CCC(=O)NCCCN2C(=O)C=CC2=O)N(C)C(=O)[C@H](Cc2ccccc2)NC1=O. The third kappa shape index (κ3) is 17.9. The van der Waals surface area contributed by atoms with E-state index in [0.29, 0.717) is 29.5 Å². The molecule has 0 aliphatic carbocycles. The van der Waals surface area contributed by atoms with Gasteiger partial charge in [-0.05, 0) is 94.7 Å². The summed E-state index contributed by atoms with van der Waals surface area (Å²) >= 11 is 0. The molecule has 428 valence electrons. The van der Waals surface area contributed by atoms with Gasteiger partial charge in [0.15, 0.2) is 11.6 Å². The van der Waals surface area contributed by atoms with Crippen molar-refractivity contribution in [3.63, 3.8) is 0 Å². The smallest absolute Gasteiger partial charge is 0.407 e. The van der Waals surface area contributed by atoms with E-state index in [-0.39, 0.29) is 70.3 Å². The van der Waals surface area contributed by atoms with E-state index in [4.69, 9.17) is 4.74 Å². The van der Waals surface area contributed by atoms with Crippen molar-refractivity contribution in [1.29, 1.82) is 0 Å². The van der Waals surface area contributed by atoms with E-state index < -0.39 is 120 Å². The Morgan fingerprint density at radius 3 is 2.01 bits per heavy atom. The molecule has 3 aromatic carbocycles. The number of unbranched alkanes of at least 4 members (excludes halogenated alkanes) is 1. The topological polar surface area (TPSA) is 303 Å². The Labute approximate surface area is 465 Å². The molecule has 4 aromatic rings. The lowest BCUT2D eigenvalue weighted by atomic mass is 9.87. The van der Waals surface area contributed by atoms with Crippen molar-refractivity contribution in [3.05, 3.63) is 114 Å². The van der Waals surface area contributed by atoms with E-state index in [1.807, 2.05) is 24.3 Å². The maximum Gasteiger partial charge on any atom is 0.407 e. The predicted molar refractivity (Wildman–Crippen MR) is 295 cm³/mol. The van der Waals surface area contributed by atoms with Crippen LogP contribution in [0.5, 0.6) is 5.75 Å². The number of hydrogen-bond donors (Lipinski definition) is 8. The van der Waals surface area contributed by atoms with E-state index in [9.17, 15) is 43.8 Å². The summed E-state index contributed by atoms with van der Waals surface area (Å²) in [6.07, 6.45) is 1.01. The number of phenols is 1. The van der Waals surface area contributed by atoms with Gasteiger partial charge in [-0.3, -0.25) is 48.1 Å². The zero-order valence-corrected chi connectivity index (χ0v) is 46.0. The van der Waals surface area contributed by atoms with Crippen LogP contribution in [0.1, 0.15) is 95.8 Å². The highest BCUT2D eigenvalue weighted by Gasteiger charge is 2.39. The molecule has 0 radical (unpaired) electrons. The minimum Gasteiger partial charge on any atom is -0.508 e. The Hall–Kier alpha value is -8.20. The number of fused-ring (bicyclic) bond motifs is 1. The lowest BCUT2D eigenvalue weighted by Crippen LogP contribution is -2.59. The Kier molecular flexibility index (Phi) is 21.8. The maximum absolute atomic E-state index is 15.1. The first kappa shape index (κ1) is 61.0. The number of aliphatic hydroxyl groups excluding tert-OH is 1. The third-order valence-corrected chi connectivity index (χ3v) is 14.1. The molecule has 21 nitrogen and oxygen atoms in total. The molecule has 3 heterocycles. The van der Waals surface area contributed by atoms with Crippen molar-refractivity contribution in [3.8, 4) is 5.75 Å². The Morgan fingerprint density at radius 2 is 1.32 bits per heavy atom. The number of amides is 8. The summed E-state index contributed by atoms with van der Waals surface area (Å²) in [5.41, 5.74) is 1.82. The number of carbonyl (C=O) groups is 10. The van der Waals surface area contributed by atoms with Crippen LogP contribution in [-0.2, 0) is 67.2 Å². The van der Waals surface area contributed by atoms with E-state index in [2.05, 4.69) is 31.6 Å². The number of aromatic nitrogens is 1. The average Bonchev–Trinajstić information content (AvgIpc) is 3.98. The number of rotatable bonds is 19. The normalized spacial score (nSPS) is 21.4. The largest absolute Gasteiger partial charge is 0.508 e. The summed E-state index contributed by atoms with van der Waals surface area (Å²) in [5.74, 6) is -8.25. The molecule has 80 heavy (non-hydrogen) atoms. The van der Waals surface area contributed by atoms with Gasteiger partial charge in [-0.15, -0.1) is 0 Å². The first-order valence-electron chi connectivity index (χ1n) is 27.1. The van der Waals surface area contributed by atoms with E-state index >= 15 is 14.4 Å². The number of nitrogens with zero attached hydrogens (tertiary/aromatic N) is 2. The van der Waals surface area contributed by atoms with Crippen LogP contribution in [-0.4, -0.2) is 147 Å². The molecule has 8 amide bonds. The summed E-state index contributed by atoms with van der Waals surface area (Å²) in [7, 11) is 1.34. The van der Waals surface area contributed by atoms with Gasteiger partial charge in [-0.1, -0.05) is 67.1 Å². The number of aromatic amines is 1. The number of aromatic hydroxyl groups is 1. The van der Waals surface area contributed by atoms with Crippen LogP contribution in [0.25, 0.3) is 10.9 Å². The van der Waals surface area contributed by atoms with Crippen LogP contribution in [0, 0.1) is 11.8 Å². The Bertz CT molecular complexity index is 2880. The number of ketones is 2. The molecule has 1 aromatic heterocycles. The second kappa shape index (κ2) is 28.6. The molecule has 0 saturated carbocycles. The fourth-order valence-electron chi connectivity index (χ4n) is 9.77. The highest BCUT2D eigenvalue weighted by molar-refractivity contribution is 6.12. The zero-order valence-electron chi connectivity index (χ0n) is 46.0. The molecule has 2 aliphatic heterocycles. The van der Waals surface area contributed by atoms with Crippen LogP contribution in [0.15, 0.2) is 97.2 Å². The fraction of sp³-hybridized carbons (Fsp3) is 0.458. The van der Waals surface area contributed by atoms with Crippen LogP contribution in [0.4, 0.5) is 4.79 Å². The standard InChI is InChI=1S/C59H74N8O13/c1-36(68)53-56(77)64-46(31-37-14-7-6-8-15-37)57(78)66(5)47(23-24-50(72)60-28-13-29-67-51(73)25-26-52(67)74)49(71)34-40(30-38-19-21-42(69)22-20-38)55(76)63-45(32-41-35-62-44-18-10-9-17-43(41)44)48(70)33-39(54(75)65-53)16-11-12-27-61-58(79)80-59(2,3)4/h6-10,14-15,17-22,25-26,35-36,39-40,45-47,53,62,68-69H,11-13,16,23-24,27-34H2,1-5H3,(H,60,72)(H,61,79)(H,63,76)(H,64,77)(H,65,75)/t36-,39-,40-,45-,46+,47+,53+/m1/s1. The first-order valence-corrected chi connectivity index (χ1v) is 27.1. The van der Waals surface area contributed by atoms with Crippen molar-refractivity contribution in [2.45, 2.75) is 134 Å². The number of ether oxygens (including phenoxy) is 1. The number of nitrogens with one attached hydrogen (secondary N) is 6. The fourth-order valence-corrected chi connectivity index (χ4v) is 9.77. The molecule has 0 spiro atoms. The van der Waals surface area contributed by atoms with Crippen molar-refractivity contribution in [2.75, 3.05) is 26.7 Å². The molecule has 6 rings (SSSR count). The number of carbonyl (C=O) groups excluding carboxylic acids is 10. The molecule has 1 fully saturated rings. The average molecular weight is 1100 g/mol. The third-order valence-electron chi connectivity index (χ3n) is 14.1. The molecule has 8 N–H and O–H groups in total. The maximum atomic E-state index is 15.1. The summed E-state index contributed by atoms with van der Waals surface area (Å²) in [4.78, 5) is 145. The predicted octanol–water partition coefficient (Wildman–Crippen LogP) is 3.63. The molecular formula is C59H74N8O13. The molecule has 0 unspecified atom stereocenters. The van der Waals surface area contributed by atoms with Gasteiger partial charge in [0.05, 0.1) is 18.2 Å².